The molecule has 5 nitrogen and oxygen atoms in total. The zero-order valence-electron chi connectivity index (χ0n) is 10.5. The molecule has 0 saturated carbocycles. The van der Waals surface area contributed by atoms with Crippen LogP contribution in [0.4, 0.5) is 5.13 Å². The molecule has 2 aromatic rings. The summed E-state index contributed by atoms with van der Waals surface area (Å²) in [6, 6.07) is 5.65. The van der Waals surface area contributed by atoms with Crippen molar-refractivity contribution >= 4 is 32.6 Å². The molecule has 2 heterocycles. The number of aromatic nitrogens is 1. The van der Waals surface area contributed by atoms with Crippen LogP contribution in [0.2, 0.25) is 0 Å². The van der Waals surface area contributed by atoms with Crippen LogP contribution in [0.5, 0.6) is 5.75 Å². The molecule has 1 aliphatic rings. The van der Waals surface area contributed by atoms with Crippen LogP contribution in [0.15, 0.2) is 18.2 Å². The maximum Gasteiger partial charge on any atom is 0.255 e. The summed E-state index contributed by atoms with van der Waals surface area (Å²) in [6.45, 7) is 0.662. The van der Waals surface area contributed by atoms with Gasteiger partial charge in [-0.2, -0.15) is 0 Å². The van der Waals surface area contributed by atoms with Gasteiger partial charge < -0.3 is 9.47 Å². The molecule has 19 heavy (non-hydrogen) atoms. The van der Waals surface area contributed by atoms with Gasteiger partial charge in [-0.3, -0.25) is 10.1 Å². The number of hydrogen-bond donors (Lipinski definition) is 1. The van der Waals surface area contributed by atoms with E-state index in [-0.39, 0.29) is 12.0 Å². The molecule has 3 rings (SSSR count). The van der Waals surface area contributed by atoms with Crippen LogP contribution in [0.1, 0.15) is 12.8 Å². The molecule has 1 saturated heterocycles. The summed E-state index contributed by atoms with van der Waals surface area (Å²) in [5, 5.41) is 3.41. The van der Waals surface area contributed by atoms with Crippen LogP contribution in [0.3, 0.4) is 0 Å². The maximum absolute atomic E-state index is 11.9. The van der Waals surface area contributed by atoms with Crippen molar-refractivity contribution in [1.82, 2.24) is 4.98 Å². The van der Waals surface area contributed by atoms with E-state index in [0.29, 0.717) is 11.7 Å². The second-order valence-corrected chi connectivity index (χ2v) is 5.37. The highest BCUT2D eigenvalue weighted by Gasteiger charge is 2.24. The third kappa shape index (κ3) is 2.54. The molecule has 1 unspecified atom stereocenters. The van der Waals surface area contributed by atoms with Crippen LogP contribution in [0, 0.1) is 0 Å². The second-order valence-electron chi connectivity index (χ2n) is 4.34. The Balaban J connectivity index is 1.79. The molecule has 6 heteroatoms. The Morgan fingerprint density at radius 2 is 2.47 bits per heavy atom. The van der Waals surface area contributed by atoms with E-state index >= 15 is 0 Å². The van der Waals surface area contributed by atoms with Gasteiger partial charge in [0, 0.05) is 6.61 Å². The lowest BCUT2D eigenvalue weighted by molar-refractivity contribution is -0.124. The quantitative estimate of drug-likeness (QED) is 0.936. The first-order valence-corrected chi connectivity index (χ1v) is 6.95. The lowest BCUT2D eigenvalue weighted by Crippen LogP contribution is -2.26. The highest BCUT2D eigenvalue weighted by molar-refractivity contribution is 7.22. The minimum Gasteiger partial charge on any atom is -0.497 e. The van der Waals surface area contributed by atoms with E-state index in [9.17, 15) is 4.79 Å². The molecule has 1 amide bonds. The van der Waals surface area contributed by atoms with Crippen LogP contribution >= 0.6 is 11.3 Å². The predicted molar refractivity (Wildman–Crippen MR) is 73.8 cm³/mol. The fraction of sp³-hybridized carbons (Fsp3) is 0.385. The first-order chi connectivity index (χ1) is 9.26. The molecule has 1 atom stereocenters. The van der Waals surface area contributed by atoms with Crippen LogP contribution in [-0.4, -0.2) is 30.7 Å². The molecule has 0 radical (unpaired) electrons. The Morgan fingerprint density at radius 3 is 3.21 bits per heavy atom. The summed E-state index contributed by atoms with van der Waals surface area (Å²) in [5.41, 5.74) is 0.855. The van der Waals surface area contributed by atoms with E-state index < -0.39 is 0 Å². The smallest absolute Gasteiger partial charge is 0.255 e. The van der Waals surface area contributed by atoms with Crippen molar-refractivity contribution in [3.8, 4) is 5.75 Å². The lowest BCUT2D eigenvalue weighted by Gasteiger charge is -2.07. The molecular weight excluding hydrogens is 264 g/mol. The van der Waals surface area contributed by atoms with Crippen LogP contribution in [0.25, 0.3) is 10.2 Å². The summed E-state index contributed by atoms with van der Waals surface area (Å²) < 4.78 is 11.5. The van der Waals surface area contributed by atoms with Gasteiger partial charge in [-0.05, 0) is 31.0 Å². The van der Waals surface area contributed by atoms with E-state index in [1.807, 2.05) is 18.2 Å². The van der Waals surface area contributed by atoms with E-state index in [2.05, 4.69) is 10.3 Å². The largest absolute Gasteiger partial charge is 0.497 e. The second kappa shape index (κ2) is 5.14. The average molecular weight is 278 g/mol. The summed E-state index contributed by atoms with van der Waals surface area (Å²) in [7, 11) is 1.63. The Bertz CT molecular complexity index is 605. The van der Waals surface area contributed by atoms with Crippen molar-refractivity contribution in [1.29, 1.82) is 0 Å². The number of anilines is 1. The third-order valence-electron chi connectivity index (χ3n) is 3.05. The molecule has 1 aromatic heterocycles. The summed E-state index contributed by atoms with van der Waals surface area (Å²) in [4.78, 5) is 16.3. The van der Waals surface area contributed by atoms with E-state index in [1.165, 1.54) is 11.3 Å². The Labute approximate surface area is 114 Å². The zero-order valence-corrected chi connectivity index (χ0v) is 11.3. The highest BCUT2D eigenvalue weighted by atomic mass is 32.1. The zero-order chi connectivity index (χ0) is 13.2. The number of nitrogens with one attached hydrogen (secondary N) is 1. The number of benzene rings is 1. The van der Waals surface area contributed by atoms with E-state index in [4.69, 9.17) is 9.47 Å². The summed E-state index contributed by atoms with van der Waals surface area (Å²) >= 11 is 1.44. The molecule has 1 aromatic carbocycles. The lowest BCUT2D eigenvalue weighted by atomic mass is 10.2. The number of thiazole rings is 1. The number of hydrogen-bond acceptors (Lipinski definition) is 5. The normalized spacial score (nSPS) is 18.7. The molecule has 1 N–H and O–H groups in total. The van der Waals surface area contributed by atoms with Crippen molar-refractivity contribution in [2.24, 2.45) is 0 Å². The number of carbonyl (C=O) groups excluding carboxylic acids is 1. The van der Waals surface area contributed by atoms with Crippen molar-refractivity contribution in [3.05, 3.63) is 18.2 Å². The maximum atomic E-state index is 11.9. The molecule has 1 aliphatic heterocycles. The van der Waals surface area contributed by atoms with Crippen LogP contribution in [-0.2, 0) is 9.53 Å². The Kier molecular flexibility index (Phi) is 3.35. The number of ether oxygens (including phenoxy) is 2. The molecule has 100 valence electrons. The van der Waals surface area contributed by atoms with Crippen molar-refractivity contribution in [2.45, 2.75) is 18.9 Å². The summed E-state index contributed by atoms with van der Waals surface area (Å²) in [6.07, 6.45) is 1.39. The van der Waals surface area contributed by atoms with Gasteiger partial charge in [0.05, 0.1) is 17.3 Å². The monoisotopic (exact) mass is 278 g/mol. The Morgan fingerprint density at radius 1 is 1.58 bits per heavy atom. The van der Waals surface area contributed by atoms with Crippen LogP contribution < -0.4 is 10.1 Å². The minimum absolute atomic E-state index is 0.108. The highest BCUT2D eigenvalue weighted by Crippen LogP contribution is 2.29. The molecule has 0 aliphatic carbocycles. The van der Waals surface area contributed by atoms with Crippen molar-refractivity contribution < 1.29 is 14.3 Å². The van der Waals surface area contributed by atoms with E-state index in [1.54, 1.807) is 7.11 Å². The molecule has 0 spiro atoms. The predicted octanol–water partition coefficient (Wildman–Crippen LogP) is 2.42. The average Bonchev–Trinajstić information content (AvgIpc) is 3.06. The standard InChI is InChI=1S/C13H14N2O3S/c1-17-8-4-5-9-11(7-8)19-13(14-9)15-12(16)10-3-2-6-18-10/h4-5,7,10H,2-3,6H2,1H3,(H,14,15,16). The SMILES string of the molecule is COc1ccc2nc(NC(=O)C3CCCO3)sc2c1. The van der Waals surface area contributed by atoms with Crippen molar-refractivity contribution in [2.75, 3.05) is 19.0 Å². The third-order valence-corrected chi connectivity index (χ3v) is 3.98. The number of nitrogens with zero attached hydrogens (tertiary/aromatic N) is 1. The molecule has 0 bridgehead atoms. The first-order valence-electron chi connectivity index (χ1n) is 6.13. The number of amides is 1. The number of methoxy groups -OCH3 is 1. The van der Waals surface area contributed by atoms with Gasteiger partial charge in [0.2, 0.25) is 0 Å². The van der Waals surface area contributed by atoms with Gasteiger partial charge in [-0.25, -0.2) is 4.98 Å². The topological polar surface area (TPSA) is 60.5 Å². The first kappa shape index (κ1) is 12.4. The Hall–Kier alpha value is -1.66. The van der Waals surface area contributed by atoms with Gasteiger partial charge in [-0.1, -0.05) is 11.3 Å². The van der Waals surface area contributed by atoms with Gasteiger partial charge in [-0.15, -0.1) is 0 Å². The molecule has 1 fully saturated rings. The van der Waals surface area contributed by atoms with Gasteiger partial charge >= 0.3 is 0 Å². The minimum atomic E-state index is -0.332. The summed E-state index contributed by atoms with van der Waals surface area (Å²) in [5.74, 6) is 0.677. The van der Waals surface area contributed by atoms with Gasteiger partial charge in [0.25, 0.3) is 5.91 Å². The number of carbonyl (C=O) groups is 1. The van der Waals surface area contributed by atoms with E-state index in [0.717, 1.165) is 28.8 Å². The number of rotatable bonds is 3. The fourth-order valence-corrected chi connectivity index (χ4v) is 2.95. The van der Waals surface area contributed by atoms with Gasteiger partial charge in [0.1, 0.15) is 11.9 Å². The fourth-order valence-electron chi connectivity index (χ4n) is 2.06. The number of fused-ring (bicyclic) bond motifs is 1. The molecular formula is C13H14N2O3S. The van der Waals surface area contributed by atoms with Gasteiger partial charge in [0.15, 0.2) is 5.13 Å². The van der Waals surface area contributed by atoms with Crippen molar-refractivity contribution in [3.63, 3.8) is 0 Å².